The number of benzene rings is 1. The number of nitriles is 1. The third kappa shape index (κ3) is 6.50. The summed E-state index contributed by atoms with van der Waals surface area (Å²) in [6.07, 6.45) is 10.6. The van der Waals surface area contributed by atoms with Crippen LogP contribution in [0.5, 0.6) is 5.75 Å². The summed E-state index contributed by atoms with van der Waals surface area (Å²) >= 11 is 1.08. The Morgan fingerprint density at radius 1 is 1.32 bits per heavy atom. The van der Waals surface area contributed by atoms with E-state index in [1.54, 1.807) is 13.1 Å². The number of ether oxygens (including phenoxy) is 1. The first-order valence-corrected chi connectivity index (χ1v) is 12.2. The Labute approximate surface area is 203 Å². The molecular formula is C25H29N5O3S. The molecule has 1 aromatic heterocycles. The van der Waals surface area contributed by atoms with Gasteiger partial charge in [-0.2, -0.15) is 5.26 Å². The Balaban J connectivity index is 1.76. The predicted molar refractivity (Wildman–Crippen MR) is 135 cm³/mol. The highest BCUT2D eigenvalue weighted by Gasteiger charge is 2.14. The molecular weight excluding hydrogens is 450 g/mol. The minimum absolute atomic E-state index is 0.00270. The van der Waals surface area contributed by atoms with Crippen LogP contribution in [0.4, 0.5) is 5.69 Å². The van der Waals surface area contributed by atoms with Crippen molar-refractivity contribution in [2.45, 2.75) is 32.7 Å². The summed E-state index contributed by atoms with van der Waals surface area (Å²) in [5.74, 6) is 2.45. The number of hydrogen-bond acceptors (Lipinski definition) is 7. The number of piperidine rings is 1. The topological polar surface area (TPSA) is 99.4 Å². The van der Waals surface area contributed by atoms with Crippen LogP contribution in [-0.4, -0.2) is 48.2 Å². The molecule has 2 heterocycles. The van der Waals surface area contributed by atoms with Gasteiger partial charge < -0.3 is 15.4 Å². The van der Waals surface area contributed by atoms with Crippen LogP contribution in [0.25, 0.3) is 11.8 Å². The zero-order chi connectivity index (χ0) is 24.3. The van der Waals surface area contributed by atoms with E-state index >= 15 is 0 Å². The maximum atomic E-state index is 12.8. The first-order valence-electron chi connectivity index (χ1n) is 11.3. The lowest BCUT2D eigenvalue weighted by atomic mass is 10.1. The van der Waals surface area contributed by atoms with Gasteiger partial charge in [0.1, 0.15) is 27.6 Å². The smallest absolute Gasteiger partial charge is 0.270 e. The van der Waals surface area contributed by atoms with Gasteiger partial charge in [-0.15, -0.1) is 17.8 Å². The number of aromatic nitrogens is 1. The van der Waals surface area contributed by atoms with Gasteiger partial charge in [-0.3, -0.25) is 19.1 Å². The first-order chi connectivity index (χ1) is 16.6. The standard InChI is InChI=1S/C25H29N5O3S/c1-3-11-27-23(31)21(17-26)25-30(4-2)24(32)22(34-25)18-28-19-9-8-10-20(16-19)33-15-14-29-12-6-5-7-13-29/h1,8-10,16,18,28H,4-7,11-15H2,2H3,(H,27,31)/b22-18+,25-21-. The molecule has 0 saturated carbocycles. The summed E-state index contributed by atoms with van der Waals surface area (Å²) in [7, 11) is 0. The van der Waals surface area contributed by atoms with Crippen LogP contribution in [0.1, 0.15) is 26.2 Å². The summed E-state index contributed by atoms with van der Waals surface area (Å²) < 4.78 is 8.00. The maximum absolute atomic E-state index is 12.8. The molecule has 0 atom stereocenters. The largest absolute Gasteiger partial charge is 0.492 e. The summed E-state index contributed by atoms with van der Waals surface area (Å²) in [5, 5.41) is 15.1. The molecule has 0 bridgehead atoms. The van der Waals surface area contributed by atoms with Gasteiger partial charge in [-0.25, -0.2) is 0 Å². The van der Waals surface area contributed by atoms with Gasteiger partial charge in [0.15, 0.2) is 5.57 Å². The van der Waals surface area contributed by atoms with Gasteiger partial charge >= 0.3 is 0 Å². The average Bonchev–Trinajstić information content (AvgIpc) is 3.17. The molecule has 3 rings (SSSR count). The van der Waals surface area contributed by atoms with Crippen LogP contribution < -0.4 is 30.1 Å². The highest BCUT2D eigenvalue weighted by Crippen LogP contribution is 2.17. The number of terminal acetylenes is 1. The molecule has 0 spiro atoms. The van der Waals surface area contributed by atoms with Crippen molar-refractivity contribution in [1.82, 2.24) is 14.8 Å². The molecule has 8 nitrogen and oxygen atoms in total. The van der Waals surface area contributed by atoms with E-state index in [9.17, 15) is 14.9 Å². The zero-order valence-electron chi connectivity index (χ0n) is 19.3. The lowest BCUT2D eigenvalue weighted by Gasteiger charge is -2.26. The summed E-state index contributed by atoms with van der Waals surface area (Å²) in [6.45, 7) is 5.91. The van der Waals surface area contributed by atoms with Crippen LogP contribution in [-0.2, 0) is 11.3 Å². The van der Waals surface area contributed by atoms with Crippen molar-refractivity contribution in [3.8, 4) is 24.2 Å². The molecule has 1 saturated heterocycles. The summed E-state index contributed by atoms with van der Waals surface area (Å²) in [6, 6.07) is 9.43. The van der Waals surface area contributed by atoms with Gasteiger partial charge in [0, 0.05) is 31.0 Å². The van der Waals surface area contributed by atoms with Crippen LogP contribution in [0.3, 0.4) is 0 Å². The Bertz CT molecular complexity index is 1260. The lowest BCUT2D eigenvalue weighted by molar-refractivity contribution is -0.115. The van der Waals surface area contributed by atoms with Crippen LogP contribution in [0, 0.1) is 23.7 Å². The number of amides is 1. The van der Waals surface area contributed by atoms with Gasteiger partial charge in [-0.1, -0.05) is 18.4 Å². The van der Waals surface area contributed by atoms with E-state index in [4.69, 9.17) is 11.2 Å². The number of thiazole rings is 1. The van der Waals surface area contributed by atoms with E-state index in [1.807, 2.05) is 30.3 Å². The SMILES string of the molecule is C#CCNC(=O)/C(C#N)=c1\s/c(=C/Nc2cccc(OCCN3CCCCC3)c2)c(=O)n1CC. The van der Waals surface area contributed by atoms with E-state index in [1.165, 1.54) is 23.8 Å². The molecule has 178 valence electrons. The molecule has 1 aromatic carbocycles. The second-order valence-corrected chi connectivity index (χ2v) is 8.79. The number of rotatable bonds is 9. The second kappa shape index (κ2) is 12.6. The number of nitrogens with one attached hydrogen (secondary N) is 2. The molecule has 1 aliphatic rings. The third-order valence-corrected chi connectivity index (χ3v) is 6.59. The van der Waals surface area contributed by atoms with E-state index in [2.05, 4.69) is 21.5 Å². The van der Waals surface area contributed by atoms with Crippen molar-refractivity contribution in [2.24, 2.45) is 0 Å². The maximum Gasteiger partial charge on any atom is 0.270 e. The van der Waals surface area contributed by atoms with Crippen LogP contribution in [0.2, 0.25) is 0 Å². The highest BCUT2D eigenvalue weighted by atomic mass is 32.1. The zero-order valence-corrected chi connectivity index (χ0v) is 20.1. The molecule has 2 aromatic rings. The van der Waals surface area contributed by atoms with E-state index < -0.39 is 5.91 Å². The van der Waals surface area contributed by atoms with E-state index in [-0.39, 0.29) is 17.7 Å². The van der Waals surface area contributed by atoms with Crippen molar-refractivity contribution >= 4 is 34.7 Å². The minimum Gasteiger partial charge on any atom is -0.492 e. The van der Waals surface area contributed by atoms with Crippen molar-refractivity contribution < 1.29 is 9.53 Å². The quantitative estimate of drug-likeness (QED) is 0.522. The fourth-order valence-electron chi connectivity index (χ4n) is 3.71. The van der Waals surface area contributed by atoms with Crippen LogP contribution >= 0.6 is 11.3 Å². The molecule has 34 heavy (non-hydrogen) atoms. The number of anilines is 1. The van der Waals surface area contributed by atoms with Gasteiger partial charge in [-0.05, 0) is 45.0 Å². The number of hydrogen-bond donors (Lipinski definition) is 2. The molecule has 1 aliphatic heterocycles. The Morgan fingerprint density at radius 3 is 2.82 bits per heavy atom. The number of carbonyl (C=O) groups excluding carboxylic acids is 1. The monoisotopic (exact) mass is 479 g/mol. The molecule has 1 amide bonds. The number of carbonyl (C=O) groups is 1. The summed E-state index contributed by atoms with van der Waals surface area (Å²) in [4.78, 5) is 27.6. The van der Waals surface area contributed by atoms with E-state index in [0.29, 0.717) is 22.3 Å². The fraction of sp³-hybridized carbons (Fsp3) is 0.400. The Kier molecular flexibility index (Phi) is 9.33. The molecule has 1 fully saturated rings. The molecule has 0 unspecified atom stereocenters. The molecule has 0 radical (unpaired) electrons. The average molecular weight is 480 g/mol. The lowest BCUT2D eigenvalue weighted by Crippen LogP contribution is -2.34. The van der Waals surface area contributed by atoms with Gasteiger partial charge in [0.05, 0.1) is 6.54 Å². The minimum atomic E-state index is -0.599. The molecule has 2 N–H and O–H groups in total. The Hall–Kier alpha value is -3.53. The molecule has 9 heteroatoms. The second-order valence-electron chi connectivity index (χ2n) is 7.76. The third-order valence-electron chi connectivity index (χ3n) is 5.46. The Morgan fingerprint density at radius 2 is 2.12 bits per heavy atom. The number of likely N-dealkylation sites (tertiary alicyclic amines) is 1. The van der Waals surface area contributed by atoms with Crippen molar-refractivity contribution in [3.05, 3.63) is 43.8 Å². The van der Waals surface area contributed by atoms with Crippen molar-refractivity contribution in [3.63, 3.8) is 0 Å². The van der Waals surface area contributed by atoms with Crippen molar-refractivity contribution in [2.75, 3.05) is 38.1 Å². The highest BCUT2D eigenvalue weighted by molar-refractivity contribution is 7.07. The fourth-order valence-corrected chi connectivity index (χ4v) is 4.79. The molecule has 0 aliphatic carbocycles. The normalized spacial score (nSPS) is 15.2. The van der Waals surface area contributed by atoms with E-state index in [0.717, 1.165) is 42.4 Å². The summed E-state index contributed by atoms with van der Waals surface area (Å²) in [5.41, 5.74) is 0.355. The van der Waals surface area contributed by atoms with Crippen LogP contribution in [0.15, 0.2) is 29.1 Å². The van der Waals surface area contributed by atoms with Crippen molar-refractivity contribution in [1.29, 1.82) is 5.26 Å². The van der Waals surface area contributed by atoms with Gasteiger partial charge in [0.25, 0.3) is 11.5 Å². The van der Waals surface area contributed by atoms with Gasteiger partial charge in [0.2, 0.25) is 0 Å². The predicted octanol–water partition coefficient (Wildman–Crippen LogP) is 1.07. The number of nitrogens with zero attached hydrogens (tertiary/aromatic N) is 3. The first kappa shape index (κ1) is 25.1.